The van der Waals surface area contributed by atoms with E-state index in [-0.39, 0.29) is 42.7 Å². The van der Waals surface area contributed by atoms with Crippen molar-refractivity contribution in [2.45, 2.75) is 19.4 Å². The van der Waals surface area contributed by atoms with Gasteiger partial charge in [-0.1, -0.05) is 24.3 Å². The number of hydrogen-bond donors (Lipinski definition) is 0. The Morgan fingerprint density at radius 1 is 0.776 bits per heavy atom. The van der Waals surface area contributed by atoms with Crippen molar-refractivity contribution < 1.29 is 31.9 Å². The monoisotopic (exact) mass is 672 g/mol. The number of benzene rings is 3. The van der Waals surface area contributed by atoms with Crippen LogP contribution in [0.3, 0.4) is 0 Å². The van der Waals surface area contributed by atoms with Gasteiger partial charge >= 0.3 is 0 Å². The van der Waals surface area contributed by atoms with Crippen LogP contribution < -0.4 is 10.5 Å². The Kier molecular flexibility index (Phi) is 9.47. The fourth-order valence-corrected chi connectivity index (χ4v) is 5.66. The number of carbonyl (C=O) groups excluding carboxylic acids is 3. The molecule has 3 heterocycles. The van der Waals surface area contributed by atoms with E-state index in [9.17, 15) is 36.7 Å². The minimum absolute atomic E-state index is 0.107. The van der Waals surface area contributed by atoms with Crippen LogP contribution in [0.15, 0.2) is 90.4 Å². The van der Waals surface area contributed by atoms with Crippen LogP contribution in [0, 0.1) is 23.3 Å². The van der Waals surface area contributed by atoms with Gasteiger partial charge < -0.3 is 14.4 Å². The molecule has 0 saturated carbocycles. The Labute approximate surface area is 276 Å². The second-order valence-corrected chi connectivity index (χ2v) is 11.5. The summed E-state index contributed by atoms with van der Waals surface area (Å²) in [4.78, 5) is 60.2. The van der Waals surface area contributed by atoms with Gasteiger partial charge in [0.1, 0.15) is 18.5 Å². The first-order chi connectivity index (χ1) is 23.6. The molecule has 0 bridgehead atoms. The third-order valence-corrected chi connectivity index (χ3v) is 8.28. The molecule has 10 nitrogen and oxygen atoms in total. The molecule has 3 aromatic carbocycles. The van der Waals surface area contributed by atoms with Gasteiger partial charge in [0.2, 0.25) is 5.78 Å². The van der Waals surface area contributed by atoms with E-state index in [0.29, 0.717) is 13.1 Å². The number of aromatic nitrogens is 4. The molecule has 0 radical (unpaired) electrons. The first-order valence-electron chi connectivity index (χ1n) is 15.2. The lowest BCUT2D eigenvalue weighted by atomic mass is 10.0. The van der Waals surface area contributed by atoms with Crippen molar-refractivity contribution in [1.82, 2.24) is 24.2 Å². The van der Waals surface area contributed by atoms with Gasteiger partial charge in [0.05, 0.1) is 24.2 Å². The predicted octanol–water partition coefficient (Wildman–Crippen LogP) is 4.12. The van der Waals surface area contributed by atoms with Crippen molar-refractivity contribution in [2.24, 2.45) is 0 Å². The second-order valence-electron chi connectivity index (χ2n) is 11.5. The number of anilines is 1. The molecule has 49 heavy (non-hydrogen) atoms. The summed E-state index contributed by atoms with van der Waals surface area (Å²) in [6.45, 7) is 0.973. The molecule has 0 atom stereocenters. The minimum atomic E-state index is -1.68. The van der Waals surface area contributed by atoms with Crippen molar-refractivity contribution in [1.29, 1.82) is 0 Å². The van der Waals surface area contributed by atoms with Crippen LogP contribution in [0.25, 0.3) is 5.69 Å². The molecule has 1 aliphatic rings. The summed E-state index contributed by atoms with van der Waals surface area (Å²) >= 11 is 0. The molecule has 1 fully saturated rings. The Hall–Kier alpha value is -5.92. The van der Waals surface area contributed by atoms with Crippen LogP contribution in [-0.2, 0) is 22.6 Å². The Balaban J connectivity index is 1.16. The number of piperazine rings is 1. The summed E-state index contributed by atoms with van der Waals surface area (Å²) in [5, 5.41) is 4.10. The quantitative estimate of drug-likeness (QED) is 0.0722. The van der Waals surface area contributed by atoms with Gasteiger partial charge in [0.15, 0.2) is 23.2 Å². The van der Waals surface area contributed by atoms with Crippen LogP contribution in [0.5, 0.6) is 0 Å². The Morgan fingerprint density at radius 2 is 1.49 bits per heavy atom. The van der Waals surface area contributed by atoms with Crippen molar-refractivity contribution in [3.8, 4) is 5.69 Å². The Bertz CT molecular complexity index is 2090. The molecule has 250 valence electrons. The SMILES string of the molecule is O=C(CC(=O)c1cc(Cc2ccc(F)c(F)c2F)cn(Cc2ccccc2F)c1=O)C(=O)N1CCN(c2ccc(-n3cncn3)cc2)CC1. The zero-order chi connectivity index (χ0) is 34.7. The van der Waals surface area contributed by atoms with Crippen LogP contribution in [0.4, 0.5) is 23.2 Å². The van der Waals surface area contributed by atoms with E-state index in [4.69, 9.17) is 0 Å². The third kappa shape index (κ3) is 7.17. The molecule has 5 aromatic rings. The first-order valence-corrected chi connectivity index (χ1v) is 15.2. The summed E-state index contributed by atoms with van der Waals surface area (Å²) in [5.74, 6) is -7.99. The molecule has 6 rings (SSSR count). The summed E-state index contributed by atoms with van der Waals surface area (Å²) < 4.78 is 59.1. The second kappa shape index (κ2) is 14.1. The molecule has 14 heteroatoms. The zero-order valence-electron chi connectivity index (χ0n) is 25.9. The minimum Gasteiger partial charge on any atom is -0.368 e. The molecular formula is C35H28F4N6O4. The Morgan fingerprint density at radius 3 is 2.18 bits per heavy atom. The topological polar surface area (TPSA) is 110 Å². The van der Waals surface area contributed by atoms with Crippen molar-refractivity contribution >= 4 is 23.2 Å². The highest BCUT2D eigenvalue weighted by Crippen LogP contribution is 2.21. The molecule has 1 saturated heterocycles. The lowest BCUT2D eigenvalue weighted by Crippen LogP contribution is -2.51. The van der Waals surface area contributed by atoms with Crippen LogP contribution in [0.1, 0.15) is 33.5 Å². The van der Waals surface area contributed by atoms with E-state index < -0.39 is 58.3 Å². The van der Waals surface area contributed by atoms with Gasteiger partial charge in [-0.15, -0.1) is 0 Å². The number of amides is 1. The summed E-state index contributed by atoms with van der Waals surface area (Å²) in [7, 11) is 0. The number of nitrogens with zero attached hydrogens (tertiary/aromatic N) is 6. The maximum atomic E-state index is 14.5. The largest absolute Gasteiger partial charge is 0.368 e. The maximum Gasteiger partial charge on any atom is 0.290 e. The number of halogens is 4. The van der Waals surface area contributed by atoms with Crippen LogP contribution in [-0.4, -0.2) is 67.9 Å². The fourth-order valence-electron chi connectivity index (χ4n) is 5.66. The predicted molar refractivity (Wildman–Crippen MR) is 169 cm³/mol. The average molecular weight is 673 g/mol. The molecule has 1 amide bonds. The molecule has 2 aromatic heterocycles. The molecule has 0 spiro atoms. The first kappa shape index (κ1) is 33.0. The molecule has 0 unspecified atom stereocenters. The fraction of sp³-hybridized carbons (Fsp3) is 0.200. The van der Waals surface area contributed by atoms with Gasteiger partial charge in [-0.3, -0.25) is 19.2 Å². The van der Waals surface area contributed by atoms with E-state index in [0.717, 1.165) is 34.1 Å². The molecular weight excluding hydrogens is 644 g/mol. The van der Waals surface area contributed by atoms with Gasteiger partial charge in [-0.25, -0.2) is 27.2 Å². The smallest absolute Gasteiger partial charge is 0.290 e. The van der Waals surface area contributed by atoms with E-state index in [1.165, 1.54) is 35.6 Å². The van der Waals surface area contributed by atoms with Crippen LogP contribution >= 0.6 is 0 Å². The lowest BCUT2D eigenvalue weighted by molar-refractivity contribution is -0.144. The molecule has 1 aliphatic heterocycles. The highest BCUT2D eigenvalue weighted by Gasteiger charge is 2.29. The van der Waals surface area contributed by atoms with E-state index in [2.05, 4.69) is 10.1 Å². The van der Waals surface area contributed by atoms with E-state index >= 15 is 0 Å². The van der Waals surface area contributed by atoms with E-state index in [1.807, 2.05) is 29.2 Å². The number of carbonyl (C=O) groups is 3. The number of Topliss-reactive ketones (excluding diaryl/α,β-unsaturated/α-hetero) is 2. The third-order valence-electron chi connectivity index (χ3n) is 8.28. The highest BCUT2D eigenvalue weighted by atomic mass is 19.2. The van der Waals surface area contributed by atoms with Crippen LogP contribution in [0.2, 0.25) is 0 Å². The zero-order valence-corrected chi connectivity index (χ0v) is 25.9. The molecule has 0 aliphatic carbocycles. The maximum absolute atomic E-state index is 14.5. The van der Waals surface area contributed by atoms with E-state index in [1.54, 1.807) is 17.1 Å². The van der Waals surface area contributed by atoms with Crippen molar-refractivity contribution in [2.75, 3.05) is 31.1 Å². The highest BCUT2D eigenvalue weighted by molar-refractivity contribution is 6.40. The number of rotatable bonds is 10. The van der Waals surface area contributed by atoms with Gasteiger partial charge in [0, 0.05) is 50.0 Å². The summed E-state index contributed by atoms with van der Waals surface area (Å²) in [6, 6.07) is 16.1. The van der Waals surface area contributed by atoms with Gasteiger partial charge in [-0.05, 0) is 53.6 Å². The number of hydrogen-bond acceptors (Lipinski definition) is 7. The normalized spacial score (nSPS) is 13.1. The molecule has 0 N–H and O–H groups in total. The van der Waals surface area contributed by atoms with Gasteiger partial charge in [-0.2, -0.15) is 5.10 Å². The number of pyridine rings is 1. The van der Waals surface area contributed by atoms with Crippen molar-refractivity contribution in [3.05, 3.63) is 141 Å². The summed E-state index contributed by atoms with van der Waals surface area (Å²) in [6.07, 6.45) is 2.99. The average Bonchev–Trinajstić information content (AvgIpc) is 3.66. The lowest BCUT2D eigenvalue weighted by Gasteiger charge is -2.35. The summed E-state index contributed by atoms with van der Waals surface area (Å²) in [5.41, 5.74) is 0.358. The van der Waals surface area contributed by atoms with Crippen molar-refractivity contribution in [3.63, 3.8) is 0 Å². The number of ketones is 2. The van der Waals surface area contributed by atoms with Gasteiger partial charge in [0.25, 0.3) is 11.5 Å². The standard InChI is InChI=1S/C35H28F4N6O4/c36-28-4-2-1-3-24(28)19-44-18-22(15-23-5-10-29(37)33(39)32(23)38)16-27(34(44)48)30(46)17-31(47)35(49)43-13-11-42(12-14-43)25-6-8-26(9-7-25)45-21-40-20-41-45/h1-10,16,18,20-21H,11-15,17,19H2.